The number of fused-ring (bicyclic) bond motifs is 1. The molecule has 0 saturated heterocycles. The number of carbonyl (C=O) groups is 2. The molecule has 2 aromatic heterocycles. The van der Waals surface area contributed by atoms with E-state index in [-0.39, 0.29) is 29.1 Å². The van der Waals surface area contributed by atoms with Gasteiger partial charge in [-0.3, -0.25) is 14.3 Å². The molecule has 0 radical (unpaired) electrons. The van der Waals surface area contributed by atoms with E-state index < -0.39 is 29.3 Å². The molecule has 1 aliphatic rings. The van der Waals surface area contributed by atoms with Crippen LogP contribution in [0, 0.1) is 11.7 Å². The van der Waals surface area contributed by atoms with Crippen molar-refractivity contribution in [3.8, 4) is 0 Å². The molecule has 1 fully saturated rings. The Morgan fingerprint density at radius 1 is 1.15 bits per heavy atom. The number of anilines is 1. The number of nitrogens with one attached hydrogen (secondary N) is 1. The average molecular weight is 464 g/mol. The summed E-state index contributed by atoms with van der Waals surface area (Å²) in [5.41, 5.74) is -1.46. The molecule has 0 spiro atoms. The van der Waals surface area contributed by atoms with Crippen LogP contribution >= 0.6 is 0 Å². The highest BCUT2D eigenvalue weighted by atomic mass is 19.4. The van der Waals surface area contributed by atoms with Gasteiger partial charge in [0.05, 0.1) is 19.1 Å². The molecule has 2 heterocycles. The first-order valence-electron chi connectivity index (χ1n) is 10.3. The van der Waals surface area contributed by atoms with Crippen molar-refractivity contribution in [3.05, 3.63) is 53.7 Å². The number of hydrogen-bond donors (Lipinski definition) is 1. The first kappa shape index (κ1) is 22.7. The smallest absolute Gasteiger partial charge is 0.433 e. The van der Waals surface area contributed by atoms with E-state index in [4.69, 9.17) is 4.74 Å². The van der Waals surface area contributed by atoms with Crippen LogP contribution in [0.15, 0.2) is 36.5 Å². The van der Waals surface area contributed by atoms with E-state index in [1.807, 2.05) is 0 Å². The fraction of sp³-hybridized carbons (Fsp3) is 0.364. The molecule has 174 valence electrons. The van der Waals surface area contributed by atoms with Crippen molar-refractivity contribution in [3.63, 3.8) is 0 Å². The van der Waals surface area contributed by atoms with Gasteiger partial charge in [0.1, 0.15) is 16.9 Å². The van der Waals surface area contributed by atoms with E-state index in [0.29, 0.717) is 31.1 Å². The number of methoxy groups -OCH3 is 1. The van der Waals surface area contributed by atoms with Crippen LogP contribution < -0.4 is 5.32 Å². The zero-order valence-electron chi connectivity index (χ0n) is 17.5. The highest BCUT2D eigenvalue weighted by molar-refractivity contribution is 6.03. The second-order valence-electron chi connectivity index (χ2n) is 7.89. The molecular weight excluding hydrogens is 444 g/mol. The number of pyridine rings is 1. The van der Waals surface area contributed by atoms with Crippen molar-refractivity contribution in [2.24, 2.45) is 5.92 Å². The minimum Gasteiger partial charge on any atom is -0.469 e. The van der Waals surface area contributed by atoms with Gasteiger partial charge in [0.25, 0.3) is 5.91 Å². The Morgan fingerprint density at radius 2 is 1.88 bits per heavy atom. The van der Waals surface area contributed by atoms with Crippen LogP contribution in [0.5, 0.6) is 0 Å². The average Bonchev–Trinajstić information content (AvgIpc) is 3.23. The Hall–Kier alpha value is -3.50. The van der Waals surface area contributed by atoms with Crippen molar-refractivity contribution in [1.29, 1.82) is 0 Å². The predicted molar refractivity (Wildman–Crippen MR) is 110 cm³/mol. The summed E-state index contributed by atoms with van der Waals surface area (Å²) >= 11 is 0. The van der Waals surface area contributed by atoms with E-state index in [0.717, 1.165) is 24.3 Å². The number of aromatic nitrogens is 3. The Balaban J connectivity index is 1.52. The van der Waals surface area contributed by atoms with E-state index in [9.17, 15) is 27.2 Å². The summed E-state index contributed by atoms with van der Waals surface area (Å²) < 4.78 is 59.6. The first-order valence-corrected chi connectivity index (χ1v) is 10.3. The Labute approximate surface area is 185 Å². The van der Waals surface area contributed by atoms with Crippen LogP contribution in [-0.2, 0) is 15.7 Å². The lowest BCUT2D eigenvalue weighted by Crippen LogP contribution is -2.24. The number of benzene rings is 1. The maximum absolute atomic E-state index is 14.7. The summed E-state index contributed by atoms with van der Waals surface area (Å²) in [7, 11) is 1.36. The molecule has 3 aromatic rings. The van der Waals surface area contributed by atoms with Crippen molar-refractivity contribution in [2.45, 2.75) is 37.9 Å². The van der Waals surface area contributed by atoms with Gasteiger partial charge in [-0.05, 0) is 49.9 Å². The van der Waals surface area contributed by atoms with E-state index >= 15 is 0 Å². The maximum Gasteiger partial charge on any atom is 0.433 e. The standard InChI is InChI=1S/C22H20F4N4O3/c1-33-21(32)12-5-7-15(8-6-12)30-11-13-9-14(10-16(23)19(13)29-30)27-20(31)17-3-2-4-18(28-17)22(24,25)26/h2-4,9-12,15H,5-8H2,1H3,(H,27,31). The number of carbonyl (C=O) groups excluding carboxylic acids is 2. The summed E-state index contributed by atoms with van der Waals surface area (Å²) in [5.74, 6) is -1.96. The topological polar surface area (TPSA) is 86.1 Å². The molecular formula is C22H20F4N4O3. The molecule has 0 unspecified atom stereocenters. The van der Waals surface area contributed by atoms with Gasteiger partial charge in [0.15, 0.2) is 5.82 Å². The van der Waals surface area contributed by atoms with Crippen LogP contribution in [0.2, 0.25) is 0 Å². The lowest BCUT2D eigenvalue weighted by Gasteiger charge is -2.26. The molecule has 1 saturated carbocycles. The summed E-state index contributed by atoms with van der Waals surface area (Å²) in [6.07, 6.45) is -0.394. The fourth-order valence-corrected chi connectivity index (χ4v) is 4.03. The highest BCUT2D eigenvalue weighted by Crippen LogP contribution is 2.34. The van der Waals surface area contributed by atoms with Crippen molar-refractivity contribution < 1.29 is 31.9 Å². The third kappa shape index (κ3) is 4.81. The number of esters is 1. The summed E-state index contributed by atoms with van der Waals surface area (Å²) in [6.45, 7) is 0. The number of amides is 1. The second kappa shape index (κ2) is 8.80. The molecule has 0 aliphatic heterocycles. The van der Waals surface area contributed by atoms with Gasteiger partial charge in [-0.25, -0.2) is 9.37 Å². The van der Waals surface area contributed by atoms with Gasteiger partial charge in [-0.1, -0.05) is 6.07 Å². The predicted octanol–water partition coefficient (Wildman–Crippen LogP) is 4.75. The van der Waals surface area contributed by atoms with Gasteiger partial charge in [-0.2, -0.15) is 18.3 Å². The number of halogens is 4. The normalized spacial score (nSPS) is 18.8. The van der Waals surface area contributed by atoms with Gasteiger partial charge in [0.2, 0.25) is 0 Å². The molecule has 11 heteroatoms. The number of alkyl halides is 3. The SMILES string of the molecule is COC(=O)C1CCC(n2cc3cc(NC(=O)c4cccc(C(F)(F)F)n4)cc(F)c3n2)CC1. The number of ether oxygens (including phenoxy) is 1. The van der Waals surface area contributed by atoms with Crippen LogP contribution in [-0.4, -0.2) is 33.8 Å². The zero-order chi connectivity index (χ0) is 23.8. The van der Waals surface area contributed by atoms with Crippen molar-refractivity contribution in [1.82, 2.24) is 14.8 Å². The van der Waals surface area contributed by atoms with Gasteiger partial charge in [0, 0.05) is 17.3 Å². The summed E-state index contributed by atoms with van der Waals surface area (Å²) in [6, 6.07) is 5.52. The van der Waals surface area contributed by atoms with Crippen molar-refractivity contribution in [2.75, 3.05) is 12.4 Å². The van der Waals surface area contributed by atoms with Crippen LogP contribution in [0.25, 0.3) is 10.9 Å². The number of nitrogens with zero attached hydrogens (tertiary/aromatic N) is 3. The quantitative estimate of drug-likeness (QED) is 0.445. The van der Waals surface area contributed by atoms with Crippen LogP contribution in [0.1, 0.15) is 47.9 Å². The lowest BCUT2D eigenvalue weighted by atomic mass is 9.86. The summed E-state index contributed by atoms with van der Waals surface area (Å²) in [4.78, 5) is 27.4. The number of rotatable bonds is 4. The number of hydrogen-bond acceptors (Lipinski definition) is 5. The van der Waals surface area contributed by atoms with Crippen LogP contribution in [0.4, 0.5) is 23.2 Å². The van der Waals surface area contributed by atoms with Crippen LogP contribution in [0.3, 0.4) is 0 Å². The van der Waals surface area contributed by atoms with E-state index in [2.05, 4.69) is 15.4 Å². The summed E-state index contributed by atoms with van der Waals surface area (Å²) in [5, 5.41) is 7.13. The lowest BCUT2D eigenvalue weighted by molar-refractivity contribution is -0.146. The molecule has 7 nitrogen and oxygen atoms in total. The highest BCUT2D eigenvalue weighted by Gasteiger charge is 2.33. The monoisotopic (exact) mass is 464 g/mol. The van der Waals surface area contributed by atoms with E-state index in [1.54, 1.807) is 10.9 Å². The fourth-order valence-electron chi connectivity index (χ4n) is 4.03. The molecule has 0 bridgehead atoms. The minimum absolute atomic E-state index is 0.00921. The molecule has 1 aromatic carbocycles. The Bertz CT molecular complexity index is 1200. The first-order chi connectivity index (χ1) is 15.7. The van der Waals surface area contributed by atoms with Gasteiger partial charge >= 0.3 is 12.1 Å². The molecule has 0 atom stereocenters. The zero-order valence-corrected chi connectivity index (χ0v) is 17.5. The second-order valence-corrected chi connectivity index (χ2v) is 7.89. The van der Waals surface area contributed by atoms with Gasteiger partial charge in [-0.15, -0.1) is 0 Å². The minimum atomic E-state index is -4.69. The molecule has 1 amide bonds. The van der Waals surface area contributed by atoms with E-state index in [1.165, 1.54) is 13.2 Å². The molecule has 33 heavy (non-hydrogen) atoms. The maximum atomic E-state index is 14.7. The molecule has 1 aliphatic carbocycles. The largest absolute Gasteiger partial charge is 0.469 e. The molecule has 4 rings (SSSR count). The third-order valence-electron chi connectivity index (χ3n) is 5.72. The molecule has 1 N–H and O–H groups in total. The van der Waals surface area contributed by atoms with Gasteiger partial charge < -0.3 is 10.1 Å². The van der Waals surface area contributed by atoms with Crippen molar-refractivity contribution >= 4 is 28.5 Å². The Kier molecular flexibility index (Phi) is 6.05. The Morgan fingerprint density at radius 3 is 2.55 bits per heavy atom. The third-order valence-corrected chi connectivity index (χ3v) is 5.72.